The third-order valence-corrected chi connectivity index (χ3v) is 2.52. The van der Waals surface area contributed by atoms with Gasteiger partial charge in [0.05, 0.1) is 6.26 Å². The molecule has 60 valence electrons. The van der Waals surface area contributed by atoms with Crippen molar-refractivity contribution in [1.82, 2.24) is 4.72 Å². The summed E-state index contributed by atoms with van der Waals surface area (Å²) in [5, 5.41) is 0. The molecule has 0 aromatic rings. The Morgan fingerprint density at radius 3 is 2.20 bits per heavy atom. The standard InChI is InChI=1S/C6H13NO2S/c1-5-3-6(4-5)7-10(2,8)9/h5-7H,3-4H2,1-2H3/t5-,6+. The highest BCUT2D eigenvalue weighted by Crippen LogP contribution is 2.26. The first kappa shape index (κ1) is 8.01. The summed E-state index contributed by atoms with van der Waals surface area (Å²) < 4.78 is 23.8. The van der Waals surface area contributed by atoms with Crippen molar-refractivity contribution in [2.75, 3.05) is 6.26 Å². The Morgan fingerprint density at radius 2 is 1.90 bits per heavy atom. The molecule has 1 N–H and O–H groups in total. The molecule has 0 aromatic carbocycles. The third-order valence-electron chi connectivity index (χ3n) is 1.75. The summed E-state index contributed by atoms with van der Waals surface area (Å²) >= 11 is 0. The highest BCUT2D eigenvalue weighted by molar-refractivity contribution is 7.88. The van der Waals surface area contributed by atoms with Gasteiger partial charge in [-0.25, -0.2) is 13.1 Å². The third kappa shape index (κ3) is 2.27. The Hall–Kier alpha value is -0.0900. The van der Waals surface area contributed by atoms with Crippen molar-refractivity contribution in [1.29, 1.82) is 0 Å². The molecule has 0 amide bonds. The zero-order valence-corrected chi connectivity index (χ0v) is 7.11. The second-order valence-corrected chi connectivity index (χ2v) is 4.94. The summed E-state index contributed by atoms with van der Waals surface area (Å²) in [5.74, 6) is 0.694. The van der Waals surface area contributed by atoms with Gasteiger partial charge in [-0.05, 0) is 18.8 Å². The van der Waals surface area contributed by atoms with E-state index in [-0.39, 0.29) is 6.04 Å². The predicted molar refractivity (Wildman–Crippen MR) is 40.2 cm³/mol. The fourth-order valence-corrected chi connectivity index (χ4v) is 2.10. The monoisotopic (exact) mass is 163 g/mol. The SMILES string of the molecule is CS(=O)(=O)N[C@H]1C[C@@H](C)C1. The first-order valence-corrected chi connectivity index (χ1v) is 5.34. The molecule has 1 saturated carbocycles. The molecule has 0 aliphatic heterocycles. The largest absolute Gasteiger partial charge is 0.213 e. The van der Waals surface area contributed by atoms with E-state index in [9.17, 15) is 8.42 Å². The molecule has 0 saturated heterocycles. The van der Waals surface area contributed by atoms with Crippen LogP contribution in [0.5, 0.6) is 0 Å². The van der Waals surface area contributed by atoms with Crippen molar-refractivity contribution >= 4 is 10.0 Å². The molecule has 0 spiro atoms. The van der Waals surface area contributed by atoms with Gasteiger partial charge in [0.15, 0.2) is 0 Å². The van der Waals surface area contributed by atoms with Gasteiger partial charge in [-0.3, -0.25) is 0 Å². The lowest BCUT2D eigenvalue weighted by Crippen LogP contribution is -2.42. The van der Waals surface area contributed by atoms with E-state index in [4.69, 9.17) is 0 Å². The summed E-state index contributed by atoms with van der Waals surface area (Å²) in [4.78, 5) is 0. The molecule has 0 radical (unpaired) electrons. The van der Waals surface area contributed by atoms with Crippen LogP contribution in [0.2, 0.25) is 0 Å². The smallest absolute Gasteiger partial charge is 0.208 e. The van der Waals surface area contributed by atoms with Crippen molar-refractivity contribution in [2.45, 2.75) is 25.8 Å². The van der Waals surface area contributed by atoms with E-state index in [1.54, 1.807) is 0 Å². The minimum absolute atomic E-state index is 0.213. The van der Waals surface area contributed by atoms with Crippen molar-refractivity contribution < 1.29 is 8.42 Å². The molecule has 10 heavy (non-hydrogen) atoms. The van der Waals surface area contributed by atoms with E-state index >= 15 is 0 Å². The zero-order chi connectivity index (χ0) is 7.78. The van der Waals surface area contributed by atoms with Gasteiger partial charge in [0.25, 0.3) is 0 Å². The van der Waals surface area contributed by atoms with Gasteiger partial charge >= 0.3 is 0 Å². The van der Waals surface area contributed by atoms with Gasteiger partial charge < -0.3 is 0 Å². The summed E-state index contributed by atoms with van der Waals surface area (Å²) in [7, 11) is -2.96. The van der Waals surface area contributed by atoms with Crippen molar-refractivity contribution in [3.8, 4) is 0 Å². The van der Waals surface area contributed by atoms with Gasteiger partial charge in [0.2, 0.25) is 10.0 Å². The molecule has 0 heterocycles. The normalized spacial score (nSPS) is 33.4. The molecule has 0 bridgehead atoms. The fourth-order valence-electron chi connectivity index (χ4n) is 1.30. The van der Waals surface area contributed by atoms with Crippen LogP contribution in [0, 0.1) is 5.92 Å². The van der Waals surface area contributed by atoms with Crippen LogP contribution in [-0.2, 0) is 10.0 Å². The quantitative estimate of drug-likeness (QED) is 0.638. The first-order valence-electron chi connectivity index (χ1n) is 3.44. The molecular weight excluding hydrogens is 150 g/mol. The maximum absolute atomic E-state index is 10.6. The Balaban J connectivity index is 2.30. The van der Waals surface area contributed by atoms with Crippen molar-refractivity contribution in [3.63, 3.8) is 0 Å². The number of nitrogens with one attached hydrogen (secondary N) is 1. The second kappa shape index (κ2) is 2.51. The van der Waals surface area contributed by atoms with E-state index in [1.807, 2.05) is 0 Å². The maximum Gasteiger partial charge on any atom is 0.208 e. The van der Waals surface area contributed by atoms with Gasteiger partial charge in [-0.1, -0.05) is 6.92 Å². The van der Waals surface area contributed by atoms with Crippen LogP contribution in [-0.4, -0.2) is 20.7 Å². The van der Waals surface area contributed by atoms with Crippen molar-refractivity contribution in [2.24, 2.45) is 5.92 Å². The number of rotatable bonds is 2. The average Bonchev–Trinajstić information content (AvgIpc) is 1.57. The van der Waals surface area contributed by atoms with Crippen LogP contribution >= 0.6 is 0 Å². The Morgan fingerprint density at radius 1 is 1.40 bits per heavy atom. The molecule has 0 unspecified atom stereocenters. The first-order chi connectivity index (χ1) is 4.47. The molecule has 4 heteroatoms. The highest BCUT2D eigenvalue weighted by atomic mass is 32.2. The van der Waals surface area contributed by atoms with E-state index in [0.29, 0.717) is 5.92 Å². The Kier molecular flexibility index (Phi) is 2.01. The van der Waals surface area contributed by atoms with Gasteiger partial charge in [0.1, 0.15) is 0 Å². The summed E-state index contributed by atoms with van der Waals surface area (Å²) in [6, 6.07) is 0.213. The molecule has 0 aromatic heterocycles. The minimum atomic E-state index is -2.96. The maximum atomic E-state index is 10.6. The lowest BCUT2D eigenvalue weighted by atomic mass is 9.83. The fraction of sp³-hybridized carbons (Fsp3) is 1.00. The Bertz CT molecular complexity index is 204. The molecule has 1 fully saturated rings. The van der Waals surface area contributed by atoms with Crippen molar-refractivity contribution in [3.05, 3.63) is 0 Å². The van der Waals surface area contributed by atoms with Crippen LogP contribution in [0.15, 0.2) is 0 Å². The van der Waals surface area contributed by atoms with Crippen LogP contribution < -0.4 is 4.72 Å². The molecule has 3 nitrogen and oxygen atoms in total. The Labute approximate surface area is 61.9 Å². The van der Waals surface area contributed by atoms with Gasteiger partial charge in [0, 0.05) is 6.04 Å². The van der Waals surface area contributed by atoms with Crippen LogP contribution in [0.4, 0.5) is 0 Å². The molecule has 1 rings (SSSR count). The minimum Gasteiger partial charge on any atom is -0.213 e. The lowest BCUT2D eigenvalue weighted by Gasteiger charge is -2.32. The number of sulfonamides is 1. The number of hydrogen-bond acceptors (Lipinski definition) is 2. The van der Waals surface area contributed by atoms with Gasteiger partial charge in [-0.15, -0.1) is 0 Å². The van der Waals surface area contributed by atoms with E-state index in [0.717, 1.165) is 12.8 Å². The molecule has 0 atom stereocenters. The second-order valence-electron chi connectivity index (χ2n) is 3.16. The van der Waals surface area contributed by atoms with E-state index in [2.05, 4.69) is 11.6 Å². The lowest BCUT2D eigenvalue weighted by molar-refractivity contribution is 0.270. The summed E-state index contributed by atoms with van der Waals surface area (Å²) in [6.07, 6.45) is 3.19. The zero-order valence-electron chi connectivity index (χ0n) is 6.29. The average molecular weight is 163 g/mol. The number of hydrogen-bond donors (Lipinski definition) is 1. The molecular formula is C6H13NO2S. The molecule has 1 aliphatic rings. The van der Waals surface area contributed by atoms with Crippen LogP contribution in [0.1, 0.15) is 19.8 Å². The van der Waals surface area contributed by atoms with Gasteiger partial charge in [-0.2, -0.15) is 0 Å². The predicted octanol–water partition coefficient (Wildman–Crippen LogP) is 0.334. The highest BCUT2D eigenvalue weighted by Gasteiger charge is 2.27. The summed E-state index contributed by atoms with van der Waals surface area (Å²) in [5.41, 5.74) is 0. The van der Waals surface area contributed by atoms with E-state index < -0.39 is 10.0 Å². The van der Waals surface area contributed by atoms with Crippen LogP contribution in [0.3, 0.4) is 0 Å². The van der Waals surface area contributed by atoms with E-state index in [1.165, 1.54) is 6.26 Å². The summed E-state index contributed by atoms with van der Waals surface area (Å²) in [6.45, 7) is 2.13. The topological polar surface area (TPSA) is 46.2 Å². The molecule has 1 aliphatic carbocycles. The van der Waals surface area contributed by atoms with Crippen LogP contribution in [0.25, 0.3) is 0 Å².